The van der Waals surface area contributed by atoms with Crippen molar-refractivity contribution in [2.45, 2.75) is 121 Å². The summed E-state index contributed by atoms with van der Waals surface area (Å²) in [5.41, 5.74) is -0.930. The van der Waals surface area contributed by atoms with E-state index in [-0.39, 0.29) is 24.3 Å². The summed E-state index contributed by atoms with van der Waals surface area (Å²) in [6, 6.07) is 1.49. The molecule has 5 N–H and O–H groups in total. The molecule has 0 bridgehead atoms. The minimum absolute atomic E-state index is 0.0568. The molecule has 4 aliphatic heterocycles. The van der Waals surface area contributed by atoms with Crippen LogP contribution < -0.4 is 26.6 Å². The maximum atomic E-state index is 13.1. The monoisotopic (exact) mass is 597 g/mol. The van der Waals surface area contributed by atoms with Crippen molar-refractivity contribution < 1.29 is 17.9 Å². The summed E-state index contributed by atoms with van der Waals surface area (Å²) in [6.45, 7) is 12.5. The van der Waals surface area contributed by atoms with E-state index in [9.17, 15) is 13.2 Å². The maximum Gasteiger partial charge on any atom is 0.249 e. The number of nitrogens with one attached hydrogen (secondary N) is 5. The second kappa shape index (κ2) is 14.3. The lowest BCUT2D eigenvalue weighted by Crippen LogP contribution is -2.67. The van der Waals surface area contributed by atoms with Crippen LogP contribution in [0.2, 0.25) is 0 Å². The average molecular weight is 598 g/mol. The van der Waals surface area contributed by atoms with E-state index in [1.165, 1.54) is 36.7 Å². The summed E-state index contributed by atoms with van der Waals surface area (Å²) >= 11 is 0. The third-order valence-corrected chi connectivity index (χ3v) is 12.6. The van der Waals surface area contributed by atoms with Crippen LogP contribution in [-0.4, -0.2) is 111 Å². The summed E-state index contributed by atoms with van der Waals surface area (Å²) < 4.78 is 33.0. The first-order valence-electron chi connectivity index (χ1n) is 16.4. The van der Waals surface area contributed by atoms with Crippen molar-refractivity contribution in [3.8, 4) is 0 Å². The normalized spacial score (nSPS) is 39.3. The molecule has 0 aromatic rings. The number of amides is 1. The standard InChI is InChI=1S/C29H55N7O4S/c1-4-36(5-2)41(38,39)27-11-10-26(40-27)28(37)32-22-9-8-20(3)25(17-22)34-29-31-13-12-24(33-29)21-16-23(19-30-18-21)35-14-6-7-15-35/h20-27,29-31,33-34H,4-19H2,1-3H3,(H,32,37). The van der Waals surface area contributed by atoms with E-state index in [1.807, 2.05) is 13.8 Å². The fourth-order valence-corrected chi connectivity index (χ4v) is 9.58. The van der Waals surface area contributed by atoms with Gasteiger partial charge in [0.1, 0.15) is 12.4 Å². The van der Waals surface area contributed by atoms with Crippen LogP contribution in [0, 0.1) is 11.8 Å². The molecule has 12 heteroatoms. The van der Waals surface area contributed by atoms with Gasteiger partial charge >= 0.3 is 0 Å². The van der Waals surface area contributed by atoms with Crippen molar-refractivity contribution in [3.63, 3.8) is 0 Å². The third kappa shape index (κ3) is 7.63. The van der Waals surface area contributed by atoms with Crippen molar-refractivity contribution in [2.75, 3.05) is 45.8 Å². The van der Waals surface area contributed by atoms with Crippen LogP contribution in [0.3, 0.4) is 0 Å². The lowest BCUT2D eigenvalue weighted by Gasteiger charge is -2.44. The smallest absolute Gasteiger partial charge is 0.249 e. The molecule has 4 heterocycles. The summed E-state index contributed by atoms with van der Waals surface area (Å²) in [5, 5.41) is 18.3. The number of likely N-dealkylation sites (tertiary alicyclic amines) is 1. The lowest BCUT2D eigenvalue weighted by atomic mass is 9.82. The van der Waals surface area contributed by atoms with Gasteiger partial charge in [-0.1, -0.05) is 20.8 Å². The highest BCUT2D eigenvalue weighted by Gasteiger charge is 2.42. The Labute approximate surface area is 247 Å². The summed E-state index contributed by atoms with van der Waals surface area (Å²) in [4.78, 5) is 15.8. The molecular formula is C29H55N7O4S. The third-order valence-electron chi connectivity index (χ3n) is 10.4. The van der Waals surface area contributed by atoms with Crippen LogP contribution >= 0.6 is 0 Å². The predicted molar refractivity (Wildman–Crippen MR) is 161 cm³/mol. The zero-order valence-electron chi connectivity index (χ0n) is 25.4. The Kier molecular flexibility index (Phi) is 11.0. The molecule has 0 aromatic heterocycles. The minimum Gasteiger partial charge on any atom is -0.351 e. The van der Waals surface area contributed by atoms with Gasteiger partial charge in [0.2, 0.25) is 15.9 Å². The quantitative estimate of drug-likeness (QED) is 0.248. The van der Waals surface area contributed by atoms with Crippen LogP contribution in [0.25, 0.3) is 0 Å². The highest BCUT2D eigenvalue weighted by molar-refractivity contribution is 7.89. The molecule has 0 radical (unpaired) electrons. The Morgan fingerprint density at radius 1 is 1.02 bits per heavy atom. The molecule has 5 aliphatic rings. The average Bonchev–Trinajstić information content (AvgIpc) is 3.69. The second-order valence-corrected chi connectivity index (χ2v) is 15.1. The van der Waals surface area contributed by atoms with Gasteiger partial charge in [0.05, 0.1) is 0 Å². The maximum absolute atomic E-state index is 13.1. The Morgan fingerprint density at radius 2 is 1.80 bits per heavy atom. The first-order chi connectivity index (χ1) is 19.8. The van der Waals surface area contributed by atoms with Gasteiger partial charge in [-0.25, -0.2) is 12.7 Å². The Morgan fingerprint density at radius 3 is 2.56 bits per heavy atom. The van der Waals surface area contributed by atoms with Crippen LogP contribution in [0.5, 0.6) is 0 Å². The van der Waals surface area contributed by atoms with Gasteiger partial charge in [-0.05, 0) is 95.8 Å². The van der Waals surface area contributed by atoms with Crippen molar-refractivity contribution in [1.82, 2.24) is 35.8 Å². The Hall–Kier alpha value is -0.860. The molecule has 0 spiro atoms. The van der Waals surface area contributed by atoms with Crippen molar-refractivity contribution in [3.05, 3.63) is 0 Å². The lowest BCUT2D eigenvalue weighted by molar-refractivity contribution is -0.131. The molecule has 5 rings (SSSR count). The molecule has 1 amide bonds. The van der Waals surface area contributed by atoms with E-state index >= 15 is 0 Å². The highest BCUT2D eigenvalue weighted by atomic mass is 32.2. The molecule has 5 fully saturated rings. The van der Waals surface area contributed by atoms with Crippen molar-refractivity contribution in [1.29, 1.82) is 0 Å². The summed E-state index contributed by atoms with van der Waals surface area (Å²) in [6.07, 6.45) is 8.07. The van der Waals surface area contributed by atoms with Gasteiger partial charge in [0, 0.05) is 43.8 Å². The SMILES string of the molecule is CCN(CC)S(=O)(=O)C1CCC(C(=O)NC2CCC(C)C(NC3NCCC(C4CNCC(N5CCCC5)C4)N3)C2)O1. The van der Waals surface area contributed by atoms with Crippen LogP contribution in [-0.2, 0) is 19.6 Å². The predicted octanol–water partition coefficient (Wildman–Crippen LogP) is 0.735. The van der Waals surface area contributed by atoms with Gasteiger partial charge in [0.15, 0.2) is 5.44 Å². The molecule has 9 atom stereocenters. The summed E-state index contributed by atoms with van der Waals surface area (Å²) in [5.74, 6) is 0.971. The number of carbonyl (C=O) groups excluding carboxylic acids is 1. The summed E-state index contributed by atoms with van der Waals surface area (Å²) in [7, 11) is -3.55. The molecule has 1 saturated carbocycles. The van der Waals surface area contributed by atoms with Gasteiger partial charge in [-0.2, -0.15) is 0 Å². The van der Waals surface area contributed by atoms with E-state index in [4.69, 9.17) is 4.74 Å². The molecule has 236 valence electrons. The zero-order valence-corrected chi connectivity index (χ0v) is 26.3. The van der Waals surface area contributed by atoms with E-state index in [2.05, 4.69) is 38.4 Å². The highest BCUT2D eigenvalue weighted by Crippen LogP contribution is 2.29. The van der Waals surface area contributed by atoms with Crippen LogP contribution in [0.15, 0.2) is 0 Å². The number of piperidine rings is 1. The van der Waals surface area contributed by atoms with E-state index in [0.29, 0.717) is 49.9 Å². The number of sulfonamides is 1. The second-order valence-electron chi connectivity index (χ2n) is 13.0. The molecular weight excluding hydrogens is 542 g/mol. The molecule has 0 aromatic carbocycles. The molecule has 9 unspecified atom stereocenters. The van der Waals surface area contributed by atoms with Crippen LogP contribution in [0.1, 0.15) is 78.6 Å². The number of hydrogen-bond donors (Lipinski definition) is 5. The number of hydrogen-bond acceptors (Lipinski definition) is 9. The van der Waals surface area contributed by atoms with Crippen molar-refractivity contribution in [2.24, 2.45) is 11.8 Å². The van der Waals surface area contributed by atoms with Gasteiger partial charge < -0.3 is 15.4 Å². The zero-order chi connectivity index (χ0) is 29.0. The Balaban J connectivity index is 1.10. The molecule has 41 heavy (non-hydrogen) atoms. The van der Waals surface area contributed by atoms with Gasteiger partial charge in [-0.3, -0.25) is 25.6 Å². The van der Waals surface area contributed by atoms with E-state index < -0.39 is 21.6 Å². The number of ether oxygens (including phenoxy) is 1. The van der Waals surface area contributed by atoms with Gasteiger partial charge in [-0.15, -0.1) is 0 Å². The van der Waals surface area contributed by atoms with E-state index in [0.717, 1.165) is 45.3 Å². The fraction of sp³-hybridized carbons (Fsp3) is 0.966. The fourth-order valence-electron chi connectivity index (χ4n) is 7.82. The molecule has 11 nitrogen and oxygen atoms in total. The number of carbonyl (C=O) groups is 1. The molecule has 4 saturated heterocycles. The first-order valence-corrected chi connectivity index (χ1v) is 17.9. The molecule has 1 aliphatic carbocycles. The largest absolute Gasteiger partial charge is 0.351 e. The number of nitrogens with zero attached hydrogens (tertiary/aromatic N) is 2. The Bertz CT molecular complexity index is 961. The van der Waals surface area contributed by atoms with Gasteiger partial charge in [0.25, 0.3) is 0 Å². The van der Waals surface area contributed by atoms with Crippen molar-refractivity contribution >= 4 is 15.9 Å². The van der Waals surface area contributed by atoms with Crippen LogP contribution in [0.4, 0.5) is 0 Å². The minimum atomic E-state index is -3.55. The van der Waals surface area contributed by atoms with E-state index in [1.54, 1.807) is 0 Å². The number of rotatable bonds is 10. The topological polar surface area (TPSA) is 127 Å². The first kappa shape index (κ1) is 31.6.